The Morgan fingerprint density at radius 1 is 1.25 bits per heavy atom. The van der Waals surface area contributed by atoms with Gasteiger partial charge in [-0.05, 0) is 30.7 Å². The molecule has 0 amide bonds. The number of hydrogen-bond donors (Lipinski definition) is 1. The highest BCUT2D eigenvalue weighted by atomic mass is 35.5. The first kappa shape index (κ1) is 13.2. The average Bonchev–Trinajstić information content (AvgIpc) is 2.25. The van der Waals surface area contributed by atoms with Gasteiger partial charge in [-0.1, -0.05) is 6.92 Å². The molecule has 1 aromatic rings. The van der Waals surface area contributed by atoms with Crippen molar-refractivity contribution in [1.82, 2.24) is 0 Å². The molecule has 0 fully saturated rings. The molecular weight excluding hydrogens is 239 g/mol. The standard InChI is InChI=1S/C11H13ClF3N/c1-2-9(7-12)16-10-5-3-8(4-6-10)11(13,14)15/h3-6,9,16H,2,7H2,1H3. The molecule has 1 atom stereocenters. The Morgan fingerprint density at radius 2 is 1.81 bits per heavy atom. The zero-order valence-electron chi connectivity index (χ0n) is 8.81. The fraction of sp³-hybridized carbons (Fsp3) is 0.455. The van der Waals surface area contributed by atoms with E-state index in [-0.39, 0.29) is 6.04 Å². The average molecular weight is 252 g/mol. The summed E-state index contributed by atoms with van der Waals surface area (Å²) < 4.78 is 36.8. The number of hydrogen-bond acceptors (Lipinski definition) is 1. The van der Waals surface area contributed by atoms with Gasteiger partial charge >= 0.3 is 6.18 Å². The van der Waals surface area contributed by atoms with E-state index in [2.05, 4.69) is 5.32 Å². The minimum absolute atomic E-state index is 0.0819. The van der Waals surface area contributed by atoms with E-state index in [0.29, 0.717) is 11.6 Å². The van der Waals surface area contributed by atoms with E-state index in [1.807, 2.05) is 6.92 Å². The number of rotatable bonds is 4. The number of anilines is 1. The summed E-state index contributed by atoms with van der Waals surface area (Å²) in [6, 6.07) is 5.03. The van der Waals surface area contributed by atoms with Gasteiger partial charge in [0, 0.05) is 17.6 Å². The second-order valence-corrected chi connectivity index (χ2v) is 3.79. The van der Waals surface area contributed by atoms with E-state index in [4.69, 9.17) is 11.6 Å². The molecule has 0 aliphatic carbocycles. The Bertz CT molecular complexity index is 317. The summed E-state index contributed by atoms with van der Waals surface area (Å²) in [4.78, 5) is 0. The van der Waals surface area contributed by atoms with Crippen molar-refractivity contribution in [2.45, 2.75) is 25.6 Å². The molecule has 0 radical (unpaired) electrons. The normalized spacial score (nSPS) is 13.6. The zero-order valence-corrected chi connectivity index (χ0v) is 9.57. The predicted octanol–water partition coefficient (Wildman–Crippen LogP) is 4.13. The summed E-state index contributed by atoms with van der Waals surface area (Å²) in [5.74, 6) is 0.428. The molecule has 0 aliphatic rings. The van der Waals surface area contributed by atoms with Gasteiger partial charge in [0.1, 0.15) is 0 Å². The zero-order chi connectivity index (χ0) is 12.2. The molecule has 1 aromatic carbocycles. The van der Waals surface area contributed by atoms with Gasteiger partial charge in [0.15, 0.2) is 0 Å². The van der Waals surface area contributed by atoms with E-state index in [0.717, 1.165) is 18.6 Å². The highest BCUT2D eigenvalue weighted by Gasteiger charge is 2.29. The van der Waals surface area contributed by atoms with E-state index in [1.165, 1.54) is 12.1 Å². The molecule has 0 aromatic heterocycles. The van der Waals surface area contributed by atoms with Crippen LogP contribution < -0.4 is 5.32 Å². The number of nitrogens with one attached hydrogen (secondary N) is 1. The van der Waals surface area contributed by atoms with Crippen LogP contribution in [0.15, 0.2) is 24.3 Å². The van der Waals surface area contributed by atoms with Crippen molar-refractivity contribution in [2.75, 3.05) is 11.2 Å². The van der Waals surface area contributed by atoms with Crippen molar-refractivity contribution < 1.29 is 13.2 Å². The van der Waals surface area contributed by atoms with Crippen LogP contribution in [0.3, 0.4) is 0 Å². The summed E-state index contributed by atoms with van der Waals surface area (Å²) in [6.07, 6.45) is -3.46. The molecule has 1 unspecified atom stereocenters. The van der Waals surface area contributed by atoms with Gasteiger partial charge in [0.2, 0.25) is 0 Å². The van der Waals surface area contributed by atoms with Crippen molar-refractivity contribution in [3.05, 3.63) is 29.8 Å². The van der Waals surface area contributed by atoms with Gasteiger partial charge in [-0.2, -0.15) is 13.2 Å². The molecule has 0 saturated heterocycles. The Kier molecular flexibility index (Phi) is 4.47. The van der Waals surface area contributed by atoms with Gasteiger partial charge in [-0.3, -0.25) is 0 Å². The van der Waals surface area contributed by atoms with Gasteiger partial charge in [-0.25, -0.2) is 0 Å². The van der Waals surface area contributed by atoms with Crippen LogP contribution in [0.2, 0.25) is 0 Å². The fourth-order valence-corrected chi connectivity index (χ4v) is 1.54. The molecule has 0 saturated carbocycles. The van der Waals surface area contributed by atoms with Crippen molar-refractivity contribution in [2.24, 2.45) is 0 Å². The Balaban J connectivity index is 2.72. The number of benzene rings is 1. The van der Waals surface area contributed by atoms with Crippen molar-refractivity contribution >= 4 is 17.3 Å². The van der Waals surface area contributed by atoms with E-state index in [1.54, 1.807) is 0 Å². The molecule has 1 N–H and O–H groups in total. The quantitative estimate of drug-likeness (QED) is 0.794. The van der Waals surface area contributed by atoms with Crippen molar-refractivity contribution in [3.8, 4) is 0 Å². The lowest BCUT2D eigenvalue weighted by molar-refractivity contribution is -0.137. The first-order valence-electron chi connectivity index (χ1n) is 4.97. The largest absolute Gasteiger partial charge is 0.416 e. The summed E-state index contributed by atoms with van der Waals surface area (Å²) in [5, 5.41) is 3.06. The molecular formula is C11H13ClF3N. The van der Waals surface area contributed by atoms with E-state index >= 15 is 0 Å². The summed E-state index contributed by atoms with van der Waals surface area (Å²) >= 11 is 5.68. The van der Waals surface area contributed by atoms with Crippen LogP contribution in [0.25, 0.3) is 0 Å². The first-order chi connectivity index (χ1) is 7.47. The first-order valence-corrected chi connectivity index (χ1v) is 5.50. The molecule has 1 nitrogen and oxygen atoms in total. The summed E-state index contributed by atoms with van der Waals surface area (Å²) in [5.41, 5.74) is 0.0115. The summed E-state index contributed by atoms with van der Waals surface area (Å²) in [6.45, 7) is 1.96. The smallest absolute Gasteiger partial charge is 0.381 e. The maximum Gasteiger partial charge on any atom is 0.416 e. The van der Waals surface area contributed by atoms with Crippen molar-refractivity contribution in [1.29, 1.82) is 0 Å². The molecule has 16 heavy (non-hydrogen) atoms. The van der Waals surface area contributed by atoms with Crippen LogP contribution in [0.5, 0.6) is 0 Å². The maximum absolute atomic E-state index is 12.3. The third kappa shape index (κ3) is 3.59. The molecule has 0 aliphatic heterocycles. The topological polar surface area (TPSA) is 12.0 Å². The minimum Gasteiger partial charge on any atom is -0.381 e. The fourth-order valence-electron chi connectivity index (χ4n) is 1.24. The second-order valence-electron chi connectivity index (χ2n) is 3.48. The highest BCUT2D eigenvalue weighted by molar-refractivity contribution is 6.18. The van der Waals surface area contributed by atoms with Gasteiger partial charge in [0.05, 0.1) is 5.56 Å². The molecule has 0 spiro atoms. The lowest BCUT2D eigenvalue weighted by atomic mass is 10.2. The third-order valence-corrected chi connectivity index (χ3v) is 2.63. The highest BCUT2D eigenvalue weighted by Crippen LogP contribution is 2.29. The number of halogens is 4. The van der Waals surface area contributed by atoms with Gasteiger partial charge in [0.25, 0.3) is 0 Å². The molecule has 90 valence electrons. The van der Waals surface area contributed by atoms with E-state index < -0.39 is 11.7 Å². The lowest BCUT2D eigenvalue weighted by Gasteiger charge is -2.15. The monoisotopic (exact) mass is 251 g/mol. The van der Waals surface area contributed by atoms with Crippen LogP contribution in [-0.4, -0.2) is 11.9 Å². The molecule has 0 heterocycles. The number of alkyl halides is 4. The molecule has 1 rings (SSSR count). The van der Waals surface area contributed by atoms with Crippen LogP contribution in [0, 0.1) is 0 Å². The minimum atomic E-state index is -4.28. The Morgan fingerprint density at radius 3 is 2.19 bits per heavy atom. The van der Waals surface area contributed by atoms with Crippen LogP contribution in [0.4, 0.5) is 18.9 Å². The van der Waals surface area contributed by atoms with Crippen molar-refractivity contribution in [3.63, 3.8) is 0 Å². The Hall–Kier alpha value is -0.900. The summed E-state index contributed by atoms with van der Waals surface area (Å²) in [7, 11) is 0. The SMILES string of the molecule is CCC(CCl)Nc1ccc(C(F)(F)F)cc1. The lowest BCUT2D eigenvalue weighted by Crippen LogP contribution is -2.20. The van der Waals surface area contributed by atoms with Gasteiger partial charge < -0.3 is 5.32 Å². The molecule has 0 bridgehead atoms. The maximum atomic E-state index is 12.3. The van der Waals surface area contributed by atoms with Crippen LogP contribution in [-0.2, 0) is 6.18 Å². The van der Waals surface area contributed by atoms with E-state index in [9.17, 15) is 13.2 Å². The van der Waals surface area contributed by atoms with Crippen LogP contribution >= 0.6 is 11.6 Å². The van der Waals surface area contributed by atoms with Gasteiger partial charge in [-0.15, -0.1) is 11.6 Å². The molecule has 5 heteroatoms. The van der Waals surface area contributed by atoms with Crippen LogP contribution in [0.1, 0.15) is 18.9 Å². The Labute approximate surface area is 97.6 Å². The third-order valence-electron chi connectivity index (χ3n) is 2.26. The predicted molar refractivity (Wildman–Crippen MR) is 59.9 cm³/mol. The second kappa shape index (κ2) is 5.43.